The number of carboxylic acid groups (broad SMARTS) is 1. The maximum absolute atomic E-state index is 12.0. The maximum atomic E-state index is 12.0. The van der Waals surface area contributed by atoms with Crippen LogP contribution in [0.25, 0.3) is 11.1 Å². The molecule has 0 unspecified atom stereocenters. The van der Waals surface area contributed by atoms with E-state index in [2.05, 4.69) is 4.98 Å². The molecule has 0 aliphatic carbocycles. The molecule has 1 heterocycles. The number of benzene rings is 1. The summed E-state index contributed by atoms with van der Waals surface area (Å²) in [6, 6.07) is 7.44. The van der Waals surface area contributed by atoms with E-state index in [0.29, 0.717) is 24.4 Å². The Balaban J connectivity index is 1.91. The SMILES string of the molecule is CCN(CCC(=O)O)C(=O)CCc1nc2ccccc2o1. The summed E-state index contributed by atoms with van der Waals surface area (Å²) in [6.07, 6.45) is 0.639. The van der Waals surface area contributed by atoms with Crippen LogP contribution >= 0.6 is 0 Å². The van der Waals surface area contributed by atoms with Gasteiger partial charge in [0.15, 0.2) is 11.5 Å². The molecule has 0 bridgehead atoms. The number of carbonyl (C=O) groups excluding carboxylic acids is 1. The lowest BCUT2D eigenvalue weighted by Crippen LogP contribution is -2.33. The first-order valence-corrected chi connectivity index (χ1v) is 6.94. The second kappa shape index (κ2) is 6.88. The topological polar surface area (TPSA) is 83.6 Å². The van der Waals surface area contributed by atoms with Crippen molar-refractivity contribution in [1.29, 1.82) is 0 Å². The van der Waals surface area contributed by atoms with E-state index in [1.165, 1.54) is 4.90 Å². The van der Waals surface area contributed by atoms with Crippen molar-refractivity contribution >= 4 is 23.0 Å². The molecule has 1 amide bonds. The van der Waals surface area contributed by atoms with Gasteiger partial charge in [-0.2, -0.15) is 0 Å². The number of para-hydroxylation sites is 2. The fourth-order valence-corrected chi connectivity index (χ4v) is 2.09. The van der Waals surface area contributed by atoms with E-state index < -0.39 is 5.97 Å². The third-order valence-corrected chi connectivity index (χ3v) is 3.22. The van der Waals surface area contributed by atoms with Crippen molar-refractivity contribution in [2.75, 3.05) is 13.1 Å². The highest BCUT2D eigenvalue weighted by Gasteiger charge is 2.14. The highest BCUT2D eigenvalue weighted by molar-refractivity contribution is 5.77. The van der Waals surface area contributed by atoms with Crippen molar-refractivity contribution in [2.24, 2.45) is 0 Å². The minimum Gasteiger partial charge on any atom is -0.481 e. The summed E-state index contributed by atoms with van der Waals surface area (Å²) in [4.78, 5) is 28.4. The fourth-order valence-electron chi connectivity index (χ4n) is 2.09. The highest BCUT2D eigenvalue weighted by atomic mass is 16.4. The molecule has 6 heteroatoms. The van der Waals surface area contributed by atoms with E-state index in [1.807, 2.05) is 31.2 Å². The van der Waals surface area contributed by atoms with Crippen LogP contribution in [0.15, 0.2) is 28.7 Å². The molecule has 0 radical (unpaired) electrons. The first kappa shape index (κ1) is 15.0. The molecular formula is C15H18N2O4. The molecule has 6 nitrogen and oxygen atoms in total. The van der Waals surface area contributed by atoms with Crippen molar-refractivity contribution in [2.45, 2.75) is 26.2 Å². The number of nitrogens with zero attached hydrogens (tertiary/aromatic N) is 2. The van der Waals surface area contributed by atoms with Crippen LogP contribution in [0.1, 0.15) is 25.7 Å². The number of amides is 1. The normalized spacial score (nSPS) is 10.7. The summed E-state index contributed by atoms with van der Waals surface area (Å²) >= 11 is 0. The van der Waals surface area contributed by atoms with Crippen LogP contribution in [-0.2, 0) is 16.0 Å². The van der Waals surface area contributed by atoms with Gasteiger partial charge in [-0.15, -0.1) is 0 Å². The quantitative estimate of drug-likeness (QED) is 0.844. The lowest BCUT2D eigenvalue weighted by Gasteiger charge is -2.19. The van der Waals surface area contributed by atoms with Crippen LogP contribution in [0.2, 0.25) is 0 Å². The largest absolute Gasteiger partial charge is 0.481 e. The van der Waals surface area contributed by atoms with Gasteiger partial charge < -0.3 is 14.4 Å². The molecule has 0 fully saturated rings. The lowest BCUT2D eigenvalue weighted by atomic mass is 10.2. The Labute approximate surface area is 122 Å². The van der Waals surface area contributed by atoms with Gasteiger partial charge in [0.25, 0.3) is 0 Å². The zero-order chi connectivity index (χ0) is 15.2. The van der Waals surface area contributed by atoms with Crippen molar-refractivity contribution in [3.8, 4) is 0 Å². The van der Waals surface area contributed by atoms with E-state index in [-0.39, 0.29) is 25.3 Å². The number of rotatable bonds is 7. The van der Waals surface area contributed by atoms with Gasteiger partial charge in [0.1, 0.15) is 5.52 Å². The smallest absolute Gasteiger partial charge is 0.305 e. The standard InChI is InChI=1S/C15H18N2O4/c1-2-17(10-9-15(19)20)14(18)8-7-13-16-11-5-3-4-6-12(11)21-13/h3-6H,2,7-10H2,1H3,(H,19,20). The number of carbonyl (C=O) groups is 2. The monoisotopic (exact) mass is 290 g/mol. The Morgan fingerprint density at radius 3 is 2.71 bits per heavy atom. The second-order valence-electron chi connectivity index (χ2n) is 4.69. The number of carboxylic acids is 1. The second-order valence-corrected chi connectivity index (χ2v) is 4.69. The molecule has 1 aromatic carbocycles. The molecule has 0 aliphatic rings. The van der Waals surface area contributed by atoms with Gasteiger partial charge in [0.2, 0.25) is 5.91 Å². The summed E-state index contributed by atoms with van der Waals surface area (Å²) in [5.41, 5.74) is 1.48. The van der Waals surface area contributed by atoms with E-state index >= 15 is 0 Å². The van der Waals surface area contributed by atoms with Crippen LogP contribution in [0.4, 0.5) is 0 Å². The zero-order valence-electron chi connectivity index (χ0n) is 11.9. The zero-order valence-corrected chi connectivity index (χ0v) is 11.9. The van der Waals surface area contributed by atoms with Crippen molar-refractivity contribution in [1.82, 2.24) is 9.88 Å². The summed E-state index contributed by atoms with van der Waals surface area (Å²) < 4.78 is 5.55. The van der Waals surface area contributed by atoms with Crippen LogP contribution < -0.4 is 0 Å². The maximum Gasteiger partial charge on any atom is 0.305 e. The number of hydrogen-bond donors (Lipinski definition) is 1. The van der Waals surface area contributed by atoms with Crippen LogP contribution in [0.5, 0.6) is 0 Å². The summed E-state index contributed by atoms with van der Waals surface area (Å²) in [6.45, 7) is 2.57. The molecule has 0 saturated carbocycles. The van der Waals surface area contributed by atoms with Crippen LogP contribution in [0, 0.1) is 0 Å². The molecule has 112 valence electrons. The third-order valence-electron chi connectivity index (χ3n) is 3.22. The average molecular weight is 290 g/mol. The Hall–Kier alpha value is -2.37. The summed E-state index contributed by atoms with van der Waals surface area (Å²) in [7, 11) is 0. The summed E-state index contributed by atoms with van der Waals surface area (Å²) in [5.74, 6) is -0.458. The van der Waals surface area contributed by atoms with Crippen molar-refractivity contribution < 1.29 is 19.1 Å². The molecule has 0 aliphatic heterocycles. The Morgan fingerprint density at radius 2 is 2.05 bits per heavy atom. The first-order valence-electron chi connectivity index (χ1n) is 6.94. The van der Waals surface area contributed by atoms with E-state index in [9.17, 15) is 9.59 Å². The number of aryl methyl sites for hydroxylation is 1. The minimum absolute atomic E-state index is 0.0392. The molecule has 0 saturated heterocycles. The van der Waals surface area contributed by atoms with E-state index in [1.54, 1.807) is 0 Å². The van der Waals surface area contributed by atoms with Gasteiger partial charge in [0.05, 0.1) is 6.42 Å². The van der Waals surface area contributed by atoms with Crippen molar-refractivity contribution in [3.63, 3.8) is 0 Å². The molecule has 2 aromatic rings. The van der Waals surface area contributed by atoms with Crippen molar-refractivity contribution in [3.05, 3.63) is 30.2 Å². The van der Waals surface area contributed by atoms with Gasteiger partial charge in [-0.05, 0) is 19.1 Å². The summed E-state index contributed by atoms with van der Waals surface area (Å²) in [5, 5.41) is 8.67. The van der Waals surface area contributed by atoms with Gasteiger partial charge in [-0.1, -0.05) is 12.1 Å². The van der Waals surface area contributed by atoms with Crippen LogP contribution in [-0.4, -0.2) is 40.0 Å². The Morgan fingerprint density at radius 1 is 1.29 bits per heavy atom. The number of oxazole rings is 1. The minimum atomic E-state index is -0.903. The molecule has 0 spiro atoms. The Bertz CT molecular complexity index is 602. The van der Waals surface area contributed by atoms with Gasteiger partial charge in [0, 0.05) is 25.9 Å². The molecule has 0 atom stereocenters. The predicted octanol–water partition coefficient (Wildman–Crippen LogP) is 2.08. The molecular weight excluding hydrogens is 272 g/mol. The van der Waals surface area contributed by atoms with Gasteiger partial charge >= 0.3 is 5.97 Å². The van der Waals surface area contributed by atoms with Gasteiger partial charge in [-0.3, -0.25) is 9.59 Å². The first-order chi connectivity index (χ1) is 10.1. The van der Waals surface area contributed by atoms with E-state index in [0.717, 1.165) is 5.52 Å². The third kappa shape index (κ3) is 4.05. The number of hydrogen-bond acceptors (Lipinski definition) is 4. The van der Waals surface area contributed by atoms with Gasteiger partial charge in [-0.25, -0.2) is 4.98 Å². The average Bonchev–Trinajstić information content (AvgIpc) is 2.88. The predicted molar refractivity (Wildman–Crippen MR) is 76.8 cm³/mol. The molecule has 2 rings (SSSR count). The molecule has 1 N–H and O–H groups in total. The molecule has 1 aromatic heterocycles. The van der Waals surface area contributed by atoms with E-state index in [4.69, 9.17) is 9.52 Å². The Kier molecular flexibility index (Phi) is 4.92. The highest BCUT2D eigenvalue weighted by Crippen LogP contribution is 2.16. The number of aliphatic carboxylic acids is 1. The van der Waals surface area contributed by atoms with Crippen LogP contribution in [0.3, 0.4) is 0 Å². The fraction of sp³-hybridized carbons (Fsp3) is 0.400. The lowest BCUT2D eigenvalue weighted by molar-refractivity contribution is -0.138. The molecule has 21 heavy (non-hydrogen) atoms. The number of fused-ring (bicyclic) bond motifs is 1. The number of aromatic nitrogens is 1.